The number of hydrogen-bond donors (Lipinski definition) is 0. The third-order valence-corrected chi connectivity index (χ3v) is 3.30. The molecule has 1 amide bonds. The van der Waals surface area contributed by atoms with Gasteiger partial charge >= 0.3 is 0 Å². The Labute approximate surface area is 101 Å². The van der Waals surface area contributed by atoms with Crippen LogP contribution in [-0.4, -0.2) is 63.2 Å². The molecule has 0 unspecified atom stereocenters. The largest absolute Gasteiger partial charge is 0.336 e. The van der Waals surface area contributed by atoms with Crippen LogP contribution in [0.15, 0.2) is 12.7 Å². The van der Waals surface area contributed by atoms with Gasteiger partial charge in [-0.05, 0) is 20.9 Å². The minimum absolute atomic E-state index is 0.121. The third kappa shape index (κ3) is 2.46. The van der Waals surface area contributed by atoms with E-state index in [0.717, 1.165) is 19.6 Å². The summed E-state index contributed by atoms with van der Waals surface area (Å²) in [6.07, 6.45) is 3.04. The summed E-state index contributed by atoms with van der Waals surface area (Å²) in [6, 6.07) is -0.0180. The standard InChI is InChI=1S/C11H19N5O/c1-9-6-14(3)4-5-15(9)11(17)10(2)16-8-12-7-13-16/h7-10H,4-6H2,1-3H3/t9-,10+/m1/s1. The normalized spacial score (nSPS) is 23.7. The Kier molecular flexibility index (Phi) is 3.42. The number of carbonyl (C=O) groups is 1. The summed E-state index contributed by atoms with van der Waals surface area (Å²) in [6.45, 7) is 6.59. The average molecular weight is 237 g/mol. The molecular weight excluding hydrogens is 218 g/mol. The monoisotopic (exact) mass is 237 g/mol. The lowest BCUT2D eigenvalue weighted by atomic mass is 10.1. The highest BCUT2D eigenvalue weighted by molar-refractivity contribution is 5.80. The number of carbonyl (C=O) groups excluding carboxylic acids is 1. The molecule has 1 saturated heterocycles. The van der Waals surface area contributed by atoms with Crippen LogP contribution in [0.2, 0.25) is 0 Å². The molecule has 0 radical (unpaired) electrons. The Bertz CT molecular complexity index is 377. The molecule has 1 aromatic rings. The second-order valence-electron chi connectivity index (χ2n) is 4.69. The van der Waals surface area contributed by atoms with Crippen molar-refractivity contribution in [2.24, 2.45) is 0 Å². The van der Waals surface area contributed by atoms with Gasteiger partial charge in [0.05, 0.1) is 0 Å². The highest BCUT2D eigenvalue weighted by Crippen LogP contribution is 2.14. The summed E-state index contributed by atoms with van der Waals surface area (Å²) in [4.78, 5) is 20.4. The van der Waals surface area contributed by atoms with Crippen LogP contribution >= 0.6 is 0 Å². The first-order valence-electron chi connectivity index (χ1n) is 5.92. The van der Waals surface area contributed by atoms with E-state index in [1.54, 1.807) is 11.0 Å². The molecule has 1 aliphatic rings. The van der Waals surface area contributed by atoms with Crippen molar-refractivity contribution in [1.29, 1.82) is 0 Å². The SMILES string of the molecule is C[C@@H]1CN(C)CCN1C(=O)[C@H](C)n1cncn1. The minimum Gasteiger partial charge on any atom is -0.336 e. The average Bonchev–Trinajstić information content (AvgIpc) is 2.80. The minimum atomic E-state index is -0.275. The molecule has 2 atom stereocenters. The number of aromatic nitrogens is 3. The van der Waals surface area contributed by atoms with Gasteiger partial charge in [0.1, 0.15) is 18.7 Å². The number of hydrogen-bond acceptors (Lipinski definition) is 4. The first-order chi connectivity index (χ1) is 8.09. The highest BCUT2D eigenvalue weighted by atomic mass is 16.2. The summed E-state index contributed by atoms with van der Waals surface area (Å²) < 4.78 is 1.60. The fourth-order valence-corrected chi connectivity index (χ4v) is 2.24. The molecule has 0 saturated carbocycles. The van der Waals surface area contributed by atoms with Gasteiger partial charge in [0.15, 0.2) is 0 Å². The summed E-state index contributed by atoms with van der Waals surface area (Å²) >= 11 is 0. The van der Waals surface area contributed by atoms with Crippen LogP contribution in [0.1, 0.15) is 19.9 Å². The van der Waals surface area contributed by atoms with Gasteiger partial charge in [0.25, 0.3) is 0 Å². The lowest BCUT2D eigenvalue weighted by Gasteiger charge is -2.39. The summed E-state index contributed by atoms with van der Waals surface area (Å²) in [7, 11) is 2.08. The maximum Gasteiger partial charge on any atom is 0.247 e. The van der Waals surface area contributed by atoms with Crippen molar-refractivity contribution in [2.75, 3.05) is 26.7 Å². The highest BCUT2D eigenvalue weighted by Gasteiger charge is 2.29. The summed E-state index contributed by atoms with van der Waals surface area (Å²) in [5.41, 5.74) is 0. The molecule has 0 aromatic carbocycles. The zero-order valence-corrected chi connectivity index (χ0v) is 10.6. The van der Waals surface area contributed by atoms with Crippen molar-refractivity contribution in [3.05, 3.63) is 12.7 Å². The lowest BCUT2D eigenvalue weighted by molar-refractivity contribution is -0.138. The Hall–Kier alpha value is -1.43. The summed E-state index contributed by atoms with van der Waals surface area (Å²) in [5, 5.41) is 4.02. The lowest BCUT2D eigenvalue weighted by Crippen LogP contribution is -2.54. The second kappa shape index (κ2) is 4.83. The number of nitrogens with zero attached hydrogens (tertiary/aromatic N) is 5. The van der Waals surface area contributed by atoms with E-state index in [9.17, 15) is 4.79 Å². The van der Waals surface area contributed by atoms with Gasteiger partial charge in [-0.2, -0.15) is 5.10 Å². The summed E-state index contributed by atoms with van der Waals surface area (Å²) in [5.74, 6) is 0.121. The Morgan fingerprint density at radius 3 is 2.82 bits per heavy atom. The first-order valence-corrected chi connectivity index (χ1v) is 5.92. The van der Waals surface area contributed by atoms with Crippen LogP contribution in [0.4, 0.5) is 0 Å². The second-order valence-corrected chi connectivity index (χ2v) is 4.69. The van der Waals surface area contributed by atoms with Gasteiger partial charge in [-0.1, -0.05) is 0 Å². The maximum absolute atomic E-state index is 12.3. The topological polar surface area (TPSA) is 54.3 Å². The van der Waals surface area contributed by atoms with Gasteiger partial charge in [-0.15, -0.1) is 0 Å². The molecule has 1 aromatic heterocycles. The van der Waals surface area contributed by atoms with Crippen molar-refractivity contribution in [3.8, 4) is 0 Å². The van der Waals surface area contributed by atoms with E-state index >= 15 is 0 Å². The molecule has 1 aliphatic heterocycles. The zero-order valence-electron chi connectivity index (χ0n) is 10.6. The molecule has 0 bridgehead atoms. The van der Waals surface area contributed by atoms with Crippen LogP contribution in [0.25, 0.3) is 0 Å². The number of piperazine rings is 1. The van der Waals surface area contributed by atoms with Gasteiger partial charge in [-0.25, -0.2) is 9.67 Å². The van der Waals surface area contributed by atoms with E-state index in [0.29, 0.717) is 0 Å². The van der Waals surface area contributed by atoms with E-state index in [1.165, 1.54) is 6.33 Å². The smallest absolute Gasteiger partial charge is 0.247 e. The van der Waals surface area contributed by atoms with E-state index in [-0.39, 0.29) is 18.0 Å². The Morgan fingerprint density at radius 1 is 1.47 bits per heavy atom. The van der Waals surface area contributed by atoms with Gasteiger partial charge in [0, 0.05) is 25.7 Å². The molecule has 0 N–H and O–H groups in total. The van der Waals surface area contributed by atoms with Crippen molar-refractivity contribution < 1.29 is 4.79 Å². The predicted molar refractivity (Wildman–Crippen MR) is 63.4 cm³/mol. The number of likely N-dealkylation sites (N-methyl/N-ethyl adjacent to an activating group) is 1. The van der Waals surface area contributed by atoms with E-state index < -0.39 is 0 Å². The van der Waals surface area contributed by atoms with Gasteiger partial charge in [-0.3, -0.25) is 4.79 Å². The molecule has 2 heterocycles. The molecule has 0 aliphatic carbocycles. The van der Waals surface area contributed by atoms with Crippen LogP contribution < -0.4 is 0 Å². The first kappa shape index (κ1) is 12.0. The Morgan fingerprint density at radius 2 is 2.24 bits per heavy atom. The number of amides is 1. The zero-order chi connectivity index (χ0) is 12.4. The number of rotatable bonds is 2. The molecule has 6 nitrogen and oxygen atoms in total. The molecule has 0 spiro atoms. The van der Waals surface area contributed by atoms with Gasteiger partial charge < -0.3 is 9.80 Å². The van der Waals surface area contributed by atoms with E-state index in [2.05, 4.69) is 29.0 Å². The molecule has 17 heavy (non-hydrogen) atoms. The fourth-order valence-electron chi connectivity index (χ4n) is 2.24. The molecule has 94 valence electrons. The van der Waals surface area contributed by atoms with E-state index in [4.69, 9.17) is 0 Å². The molecule has 6 heteroatoms. The quantitative estimate of drug-likeness (QED) is 0.726. The van der Waals surface area contributed by atoms with Crippen LogP contribution in [0.5, 0.6) is 0 Å². The van der Waals surface area contributed by atoms with Crippen molar-refractivity contribution in [2.45, 2.75) is 25.9 Å². The molecule has 1 fully saturated rings. The van der Waals surface area contributed by atoms with E-state index in [1.807, 2.05) is 11.8 Å². The maximum atomic E-state index is 12.3. The Balaban J connectivity index is 2.05. The molecule has 2 rings (SSSR count). The van der Waals surface area contributed by atoms with Crippen molar-refractivity contribution in [1.82, 2.24) is 24.6 Å². The molecular formula is C11H19N5O. The predicted octanol–water partition coefficient (Wildman–Crippen LogP) is 0.00160. The van der Waals surface area contributed by atoms with Gasteiger partial charge in [0.2, 0.25) is 5.91 Å². The van der Waals surface area contributed by atoms with Crippen molar-refractivity contribution in [3.63, 3.8) is 0 Å². The van der Waals surface area contributed by atoms with Crippen LogP contribution in [0, 0.1) is 0 Å². The van der Waals surface area contributed by atoms with Crippen molar-refractivity contribution >= 4 is 5.91 Å². The third-order valence-electron chi connectivity index (χ3n) is 3.30. The van der Waals surface area contributed by atoms with Crippen LogP contribution in [0.3, 0.4) is 0 Å². The van der Waals surface area contributed by atoms with Crippen LogP contribution in [-0.2, 0) is 4.79 Å². The fraction of sp³-hybridized carbons (Fsp3) is 0.727.